The maximum absolute atomic E-state index is 13.7. The zero-order valence-electron chi connectivity index (χ0n) is 9.61. The summed E-state index contributed by atoms with van der Waals surface area (Å²) < 4.78 is 28.6. The Kier molecular flexibility index (Phi) is 3.19. The Balaban J connectivity index is 2.45. The Bertz CT molecular complexity index is 522. The van der Waals surface area contributed by atoms with Crippen LogP contribution in [0.1, 0.15) is 17.3 Å². The molecule has 0 aliphatic heterocycles. The van der Waals surface area contributed by atoms with Crippen LogP contribution in [-0.2, 0) is 7.05 Å². The quantitative estimate of drug-likeness (QED) is 0.885. The van der Waals surface area contributed by atoms with Gasteiger partial charge in [0.15, 0.2) is 0 Å². The summed E-state index contributed by atoms with van der Waals surface area (Å²) in [5.74, 6) is -0.908. The smallest absolute Gasteiger partial charge is 0.128 e. The Morgan fingerprint density at radius 2 is 2.12 bits per heavy atom. The van der Waals surface area contributed by atoms with Crippen LogP contribution in [0, 0.1) is 11.6 Å². The predicted octanol–water partition coefficient (Wildman–Crippen LogP) is 2.01. The molecule has 1 N–H and O–H groups in total. The van der Waals surface area contributed by atoms with E-state index < -0.39 is 17.7 Å². The van der Waals surface area contributed by atoms with Gasteiger partial charge in [0.25, 0.3) is 0 Å². The first-order valence-electron chi connectivity index (χ1n) is 5.22. The van der Waals surface area contributed by atoms with Crippen molar-refractivity contribution in [3.8, 4) is 0 Å². The van der Waals surface area contributed by atoms with Crippen molar-refractivity contribution in [3.63, 3.8) is 0 Å². The number of hydrogen-bond acceptors (Lipinski definition) is 2. The first-order valence-corrected chi connectivity index (χ1v) is 5.22. The summed E-state index contributed by atoms with van der Waals surface area (Å²) in [5, 5.41) is 2.93. The van der Waals surface area contributed by atoms with Crippen LogP contribution in [0.25, 0.3) is 0 Å². The van der Waals surface area contributed by atoms with Crippen molar-refractivity contribution < 1.29 is 8.78 Å². The van der Waals surface area contributed by atoms with Crippen LogP contribution < -0.4 is 5.32 Å². The van der Waals surface area contributed by atoms with E-state index in [4.69, 9.17) is 0 Å². The molecule has 1 atom stereocenters. The minimum absolute atomic E-state index is 0.256. The van der Waals surface area contributed by atoms with Gasteiger partial charge in [-0.1, -0.05) is 0 Å². The Morgan fingerprint density at radius 3 is 2.71 bits per heavy atom. The van der Waals surface area contributed by atoms with Crippen LogP contribution in [0.2, 0.25) is 0 Å². The van der Waals surface area contributed by atoms with Crippen molar-refractivity contribution in [2.75, 3.05) is 7.05 Å². The number of imidazole rings is 1. The van der Waals surface area contributed by atoms with Gasteiger partial charge in [-0.15, -0.1) is 0 Å². The summed E-state index contributed by atoms with van der Waals surface area (Å²) in [5.41, 5.74) is 0.908. The number of nitrogens with zero attached hydrogens (tertiary/aromatic N) is 2. The molecule has 0 aliphatic carbocycles. The highest BCUT2D eigenvalue weighted by atomic mass is 19.1. The third kappa shape index (κ3) is 2.34. The zero-order chi connectivity index (χ0) is 12.4. The Hall–Kier alpha value is -1.75. The summed E-state index contributed by atoms with van der Waals surface area (Å²) >= 11 is 0. The lowest BCUT2D eigenvalue weighted by molar-refractivity contribution is 0.554. The van der Waals surface area contributed by atoms with Crippen LogP contribution in [0.3, 0.4) is 0 Å². The van der Waals surface area contributed by atoms with Crippen molar-refractivity contribution in [2.45, 2.75) is 6.04 Å². The molecule has 2 aromatic rings. The van der Waals surface area contributed by atoms with Gasteiger partial charge in [-0.2, -0.15) is 0 Å². The molecule has 1 aromatic carbocycles. The van der Waals surface area contributed by atoms with Crippen LogP contribution in [0.15, 0.2) is 30.7 Å². The molecule has 0 spiro atoms. The average molecular weight is 237 g/mol. The van der Waals surface area contributed by atoms with Crippen molar-refractivity contribution in [3.05, 3.63) is 53.6 Å². The molecule has 90 valence electrons. The van der Waals surface area contributed by atoms with Gasteiger partial charge < -0.3 is 9.88 Å². The minimum Gasteiger partial charge on any atom is -0.340 e. The van der Waals surface area contributed by atoms with Crippen molar-refractivity contribution in [1.82, 2.24) is 14.9 Å². The first kappa shape index (κ1) is 11.7. The van der Waals surface area contributed by atoms with Gasteiger partial charge in [-0.3, -0.25) is 0 Å². The summed E-state index contributed by atoms with van der Waals surface area (Å²) in [6.07, 6.45) is 3.39. The molecule has 0 saturated heterocycles. The van der Waals surface area contributed by atoms with Gasteiger partial charge in [0.1, 0.15) is 11.6 Å². The number of benzene rings is 1. The summed E-state index contributed by atoms with van der Waals surface area (Å²) in [7, 11) is 3.51. The second-order valence-electron chi connectivity index (χ2n) is 3.85. The number of aromatic nitrogens is 2. The molecule has 3 nitrogen and oxygen atoms in total. The van der Waals surface area contributed by atoms with Gasteiger partial charge in [-0.05, 0) is 25.2 Å². The molecular formula is C12H13F2N3. The number of nitrogens with one attached hydrogen (secondary N) is 1. The monoisotopic (exact) mass is 237 g/mol. The van der Waals surface area contributed by atoms with Crippen molar-refractivity contribution in [1.29, 1.82) is 0 Å². The van der Waals surface area contributed by atoms with Crippen molar-refractivity contribution in [2.24, 2.45) is 7.05 Å². The third-order valence-electron chi connectivity index (χ3n) is 2.58. The molecular weight excluding hydrogens is 224 g/mol. The van der Waals surface area contributed by atoms with E-state index in [1.807, 2.05) is 7.05 Å². The van der Waals surface area contributed by atoms with Crippen molar-refractivity contribution >= 4 is 0 Å². The van der Waals surface area contributed by atoms with Crippen LogP contribution >= 0.6 is 0 Å². The SMILES string of the molecule is CNC(c1cn(C)cn1)c1cc(F)ccc1F. The second-order valence-corrected chi connectivity index (χ2v) is 3.85. The molecule has 1 aromatic heterocycles. The average Bonchev–Trinajstić information content (AvgIpc) is 2.71. The van der Waals surface area contributed by atoms with Gasteiger partial charge in [0.05, 0.1) is 18.1 Å². The number of rotatable bonds is 3. The summed E-state index contributed by atoms with van der Waals surface area (Å²) in [6.45, 7) is 0. The van der Waals surface area contributed by atoms with Gasteiger partial charge >= 0.3 is 0 Å². The fourth-order valence-corrected chi connectivity index (χ4v) is 1.78. The van der Waals surface area contributed by atoms with E-state index in [1.54, 1.807) is 24.1 Å². The first-order chi connectivity index (χ1) is 8.11. The largest absolute Gasteiger partial charge is 0.340 e. The summed E-state index contributed by atoms with van der Waals surface area (Å²) in [6, 6.07) is 2.96. The van der Waals surface area contributed by atoms with E-state index in [1.165, 1.54) is 6.07 Å². The Labute approximate surface area is 98.1 Å². The molecule has 0 bridgehead atoms. The number of hydrogen-bond donors (Lipinski definition) is 1. The van der Waals surface area contributed by atoms with E-state index in [-0.39, 0.29) is 5.56 Å². The molecule has 0 amide bonds. The fourth-order valence-electron chi connectivity index (χ4n) is 1.78. The summed E-state index contributed by atoms with van der Waals surface area (Å²) in [4.78, 5) is 4.15. The van der Waals surface area contributed by atoms with Gasteiger partial charge in [0, 0.05) is 18.8 Å². The van der Waals surface area contributed by atoms with E-state index >= 15 is 0 Å². The molecule has 1 unspecified atom stereocenters. The standard InChI is InChI=1S/C12H13F2N3/c1-15-12(11-6-17(2)7-16-11)9-5-8(13)3-4-10(9)14/h3-7,12,15H,1-2H3. The molecule has 0 radical (unpaired) electrons. The van der Waals surface area contributed by atoms with E-state index in [0.29, 0.717) is 5.69 Å². The maximum atomic E-state index is 13.7. The highest BCUT2D eigenvalue weighted by molar-refractivity contribution is 5.28. The Morgan fingerprint density at radius 1 is 1.35 bits per heavy atom. The van der Waals surface area contributed by atoms with Gasteiger partial charge in [-0.25, -0.2) is 13.8 Å². The molecule has 2 rings (SSSR count). The number of halogens is 2. The fraction of sp³-hybridized carbons (Fsp3) is 0.250. The predicted molar refractivity (Wildman–Crippen MR) is 60.5 cm³/mol. The zero-order valence-corrected chi connectivity index (χ0v) is 9.61. The van der Waals surface area contributed by atoms with E-state index in [2.05, 4.69) is 10.3 Å². The highest BCUT2D eigenvalue weighted by Crippen LogP contribution is 2.23. The topological polar surface area (TPSA) is 29.9 Å². The van der Waals surface area contributed by atoms with Crippen LogP contribution in [-0.4, -0.2) is 16.6 Å². The van der Waals surface area contributed by atoms with Crippen LogP contribution in [0.4, 0.5) is 8.78 Å². The third-order valence-corrected chi connectivity index (χ3v) is 2.58. The molecule has 1 heterocycles. The molecule has 0 aliphatic rings. The minimum atomic E-state index is -0.461. The van der Waals surface area contributed by atoms with E-state index in [0.717, 1.165) is 12.1 Å². The molecule has 0 saturated carbocycles. The lowest BCUT2D eigenvalue weighted by Crippen LogP contribution is -2.19. The van der Waals surface area contributed by atoms with E-state index in [9.17, 15) is 8.78 Å². The lowest BCUT2D eigenvalue weighted by atomic mass is 10.0. The maximum Gasteiger partial charge on any atom is 0.128 e. The van der Waals surface area contributed by atoms with Gasteiger partial charge in [0.2, 0.25) is 0 Å². The molecule has 0 fully saturated rings. The lowest BCUT2D eigenvalue weighted by Gasteiger charge is -2.15. The molecule has 17 heavy (non-hydrogen) atoms. The normalized spacial score (nSPS) is 12.7. The second kappa shape index (κ2) is 4.63. The molecule has 5 heteroatoms. The highest BCUT2D eigenvalue weighted by Gasteiger charge is 2.18. The van der Waals surface area contributed by atoms with Crippen LogP contribution in [0.5, 0.6) is 0 Å². The number of aryl methyl sites for hydroxylation is 1.